The van der Waals surface area contributed by atoms with Gasteiger partial charge in [0.05, 0.1) is 0 Å². The number of rotatable bonds is 7. The molecular weight excluding hydrogens is 256 g/mol. The molecule has 0 saturated heterocycles. The first-order valence-corrected chi connectivity index (χ1v) is 7.72. The highest BCUT2D eigenvalue weighted by molar-refractivity contribution is 5.33. The van der Waals surface area contributed by atoms with Crippen LogP contribution in [0, 0.1) is 13.8 Å². The second-order valence-corrected chi connectivity index (χ2v) is 5.71. The van der Waals surface area contributed by atoms with Crippen LogP contribution in [-0.4, -0.2) is 18.0 Å². The molecule has 2 N–H and O–H groups in total. The van der Waals surface area contributed by atoms with Gasteiger partial charge in [-0.1, -0.05) is 48.5 Å². The summed E-state index contributed by atoms with van der Waals surface area (Å²) in [5.41, 5.74) is 11.3. The molecule has 0 atom stereocenters. The van der Waals surface area contributed by atoms with Crippen LogP contribution in [-0.2, 0) is 13.1 Å². The van der Waals surface area contributed by atoms with Gasteiger partial charge in [-0.25, -0.2) is 0 Å². The van der Waals surface area contributed by atoms with E-state index in [9.17, 15) is 0 Å². The maximum absolute atomic E-state index is 5.70. The van der Waals surface area contributed by atoms with Crippen molar-refractivity contribution < 1.29 is 0 Å². The number of aryl methyl sites for hydroxylation is 2. The Morgan fingerprint density at radius 1 is 0.857 bits per heavy atom. The molecule has 0 saturated carbocycles. The Kier molecular flexibility index (Phi) is 5.97. The van der Waals surface area contributed by atoms with Crippen molar-refractivity contribution in [1.29, 1.82) is 0 Å². The fourth-order valence-electron chi connectivity index (χ4n) is 2.69. The molecule has 0 heterocycles. The van der Waals surface area contributed by atoms with Gasteiger partial charge in [-0.3, -0.25) is 4.90 Å². The van der Waals surface area contributed by atoms with Crippen molar-refractivity contribution in [3.05, 3.63) is 70.8 Å². The number of nitrogens with zero attached hydrogens (tertiary/aromatic N) is 1. The number of benzene rings is 2. The van der Waals surface area contributed by atoms with Crippen LogP contribution in [0.25, 0.3) is 0 Å². The second-order valence-electron chi connectivity index (χ2n) is 5.71. The zero-order valence-electron chi connectivity index (χ0n) is 13.2. The molecule has 0 aliphatic carbocycles. The van der Waals surface area contributed by atoms with E-state index in [1.165, 1.54) is 22.3 Å². The first-order valence-electron chi connectivity index (χ1n) is 7.72. The van der Waals surface area contributed by atoms with E-state index in [0.717, 1.165) is 32.6 Å². The van der Waals surface area contributed by atoms with Gasteiger partial charge in [0.1, 0.15) is 0 Å². The Labute approximate surface area is 128 Å². The summed E-state index contributed by atoms with van der Waals surface area (Å²) >= 11 is 0. The number of hydrogen-bond acceptors (Lipinski definition) is 2. The third-order valence-electron chi connectivity index (χ3n) is 3.95. The Morgan fingerprint density at radius 3 is 2.14 bits per heavy atom. The molecule has 0 bridgehead atoms. The average Bonchev–Trinajstić information content (AvgIpc) is 2.49. The Balaban J connectivity index is 2.12. The Bertz CT molecular complexity index is 528. The minimum Gasteiger partial charge on any atom is -0.330 e. The first kappa shape index (κ1) is 15.7. The van der Waals surface area contributed by atoms with E-state index in [4.69, 9.17) is 5.73 Å². The van der Waals surface area contributed by atoms with E-state index < -0.39 is 0 Å². The molecule has 0 aliphatic heterocycles. The smallest absolute Gasteiger partial charge is 0.0242 e. The predicted molar refractivity (Wildman–Crippen MR) is 90.1 cm³/mol. The first-order chi connectivity index (χ1) is 10.2. The molecule has 112 valence electrons. The van der Waals surface area contributed by atoms with Crippen LogP contribution < -0.4 is 5.73 Å². The van der Waals surface area contributed by atoms with Crippen LogP contribution in [0.15, 0.2) is 48.5 Å². The average molecular weight is 282 g/mol. The standard InChI is InChI=1S/C19H26N2/c1-16-8-6-9-17(2)19(16)15-21(13-7-12-20)14-18-10-4-3-5-11-18/h3-6,8-11H,7,12-15,20H2,1-2H3. The summed E-state index contributed by atoms with van der Waals surface area (Å²) in [6.45, 7) is 8.16. The van der Waals surface area contributed by atoms with Crippen molar-refractivity contribution in [1.82, 2.24) is 4.90 Å². The normalized spacial score (nSPS) is 11.0. The van der Waals surface area contributed by atoms with Gasteiger partial charge in [-0.15, -0.1) is 0 Å². The molecule has 2 rings (SSSR count). The Hall–Kier alpha value is -1.64. The lowest BCUT2D eigenvalue weighted by Crippen LogP contribution is -2.26. The highest BCUT2D eigenvalue weighted by Gasteiger charge is 2.10. The van der Waals surface area contributed by atoms with Gasteiger partial charge in [-0.05, 0) is 49.1 Å². The minimum atomic E-state index is 0.748. The topological polar surface area (TPSA) is 29.3 Å². The summed E-state index contributed by atoms with van der Waals surface area (Å²) in [6.07, 6.45) is 1.04. The summed E-state index contributed by atoms with van der Waals surface area (Å²) in [5, 5.41) is 0. The largest absolute Gasteiger partial charge is 0.330 e. The second kappa shape index (κ2) is 7.96. The molecule has 2 aromatic carbocycles. The molecule has 0 spiro atoms. The number of nitrogens with two attached hydrogens (primary N) is 1. The minimum absolute atomic E-state index is 0.748. The molecule has 0 aliphatic rings. The van der Waals surface area contributed by atoms with E-state index in [1.54, 1.807) is 0 Å². The van der Waals surface area contributed by atoms with Crippen molar-refractivity contribution in [2.75, 3.05) is 13.1 Å². The highest BCUT2D eigenvalue weighted by atomic mass is 15.1. The molecule has 2 nitrogen and oxygen atoms in total. The number of hydrogen-bond donors (Lipinski definition) is 1. The molecular formula is C19H26N2. The molecule has 0 fully saturated rings. The van der Waals surface area contributed by atoms with Crippen LogP contribution >= 0.6 is 0 Å². The van der Waals surface area contributed by atoms with E-state index in [0.29, 0.717) is 0 Å². The fraction of sp³-hybridized carbons (Fsp3) is 0.368. The van der Waals surface area contributed by atoms with Gasteiger partial charge in [0, 0.05) is 19.6 Å². The molecule has 2 heteroatoms. The monoisotopic (exact) mass is 282 g/mol. The van der Waals surface area contributed by atoms with Gasteiger partial charge in [0.25, 0.3) is 0 Å². The summed E-state index contributed by atoms with van der Waals surface area (Å²) in [5.74, 6) is 0. The van der Waals surface area contributed by atoms with Gasteiger partial charge in [0.15, 0.2) is 0 Å². The summed E-state index contributed by atoms with van der Waals surface area (Å²) in [7, 11) is 0. The fourth-order valence-corrected chi connectivity index (χ4v) is 2.69. The highest BCUT2D eigenvalue weighted by Crippen LogP contribution is 2.17. The van der Waals surface area contributed by atoms with Crippen LogP contribution in [0.4, 0.5) is 0 Å². The third kappa shape index (κ3) is 4.69. The third-order valence-corrected chi connectivity index (χ3v) is 3.95. The maximum Gasteiger partial charge on any atom is 0.0242 e. The van der Waals surface area contributed by atoms with Gasteiger partial charge < -0.3 is 5.73 Å². The van der Waals surface area contributed by atoms with Gasteiger partial charge in [0.2, 0.25) is 0 Å². The lowest BCUT2D eigenvalue weighted by Gasteiger charge is -2.24. The van der Waals surface area contributed by atoms with E-state index >= 15 is 0 Å². The zero-order valence-corrected chi connectivity index (χ0v) is 13.2. The lowest BCUT2D eigenvalue weighted by molar-refractivity contribution is 0.254. The van der Waals surface area contributed by atoms with E-state index in [2.05, 4.69) is 67.3 Å². The van der Waals surface area contributed by atoms with Crippen molar-refractivity contribution in [3.63, 3.8) is 0 Å². The zero-order chi connectivity index (χ0) is 15.1. The van der Waals surface area contributed by atoms with Crippen molar-refractivity contribution >= 4 is 0 Å². The van der Waals surface area contributed by atoms with E-state index in [-0.39, 0.29) is 0 Å². The van der Waals surface area contributed by atoms with Crippen molar-refractivity contribution in [2.45, 2.75) is 33.4 Å². The van der Waals surface area contributed by atoms with Crippen molar-refractivity contribution in [2.24, 2.45) is 5.73 Å². The van der Waals surface area contributed by atoms with Gasteiger partial charge >= 0.3 is 0 Å². The maximum atomic E-state index is 5.70. The van der Waals surface area contributed by atoms with Crippen LogP contribution in [0.2, 0.25) is 0 Å². The summed E-state index contributed by atoms with van der Waals surface area (Å²) < 4.78 is 0. The SMILES string of the molecule is Cc1cccc(C)c1CN(CCCN)Cc1ccccc1. The lowest BCUT2D eigenvalue weighted by atomic mass is 10.0. The predicted octanol–water partition coefficient (Wildman–Crippen LogP) is 3.65. The molecule has 21 heavy (non-hydrogen) atoms. The van der Waals surface area contributed by atoms with Crippen molar-refractivity contribution in [3.8, 4) is 0 Å². The Morgan fingerprint density at radius 2 is 1.52 bits per heavy atom. The molecule has 2 aromatic rings. The molecule has 0 amide bonds. The summed E-state index contributed by atoms with van der Waals surface area (Å²) in [4.78, 5) is 2.50. The van der Waals surface area contributed by atoms with Crippen LogP contribution in [0.1, 0.15) is 28.7 Å². The van der Waals surface area contributed by atoms with E-state index in [1.807, 2.05) is 0 Å². The van der Waals surface area contributed by atoms with Crippen LogP contribution in [0.5, 0.6) is 0 Å². The molecule has 0 unspecified atom stereocenters. The quantitative estimate of drug-likeness (QED) is 0.840. The summed E-state index contributed by atoms with van der Waals surface area (Å²) in [6, 6.07) is 17.2. The molecule has 0 radical (unpaired) electrons. The van der Waals surface area contributed by atoms with Crippen LogP contribution in [0.3, 0.4) is 0 Å². The molecule has 0 aromatic heterocycles. The van der Waals surface area contributed by atoms with Gasteiger partial charge in [-0.2, -0.15) is 0 Å².